The highest BCUT2D eigenvalue weighted by molar-refractivity contribution is 7.89. The summed E-state index contributed by atoms with van der Waals surface area (Å²) in [5.41, 5.74) is 2.07. The first-order valence-electron chi connectivity index (χ1n) is 9.73. The van der Waals surface area contributed by atoms with Crippen molar-refractivity contribution < 1.29 is 13.2 Å². The molecule has 0 saturated carbocycles. The van der Waals surface area contributed by atoms with Crippen molar-refractivity contribution in [2.45, 2.75) is 31.6 Å². The first kappa shape index (κ1) is 20.4. The summed E-state index contributed by atoms with van der Waals surface area (Å²) in [5.74, 6) is -0.316. The molecule has 3 rings (SSSR count). The Morgan fingerprint density at radius 2 is 1.71 bits per heavy atom. The molecule has 0 spiro atoms. The number of hydrogen-bond acceptors (Lipinski definition) is 4. The molecule has 1 fully saturated rings. The number of sulfonamides is 1. The summed E-state index contributed by atoms with van der Waals surface area (Å²) in [6.07, 6.45) is 2.29. The van der Waals surface area contributed by atoms with Gasteiger partial charge in [-0.1, -0.05) is 32.0 Å². The Hall–Kier alpha value is -2.38. The van der Waals surface area contributed by atoms with Crippen LogP contribution in [-0.2, 0) is 10.0 Å². The molecule has 0 aliphatic carbocycles. The van der Waals surface area contributed by atoms with Crippen molar-refractivity contribution in [1.29, 1.82) is 0 Å². The fourth-order valence-electron chi connectivity index (χ4n) is 3.52. The van der Waals surface area contributed by atoms with E-state index in [-0.39, 0.29) is 10.8 Å². The number of carbonyl (C=O) groups is 1. The Balaban J connectivity index is 1.85. The smallest absolute Gasteiger partial charge is 0.255 e. The van der Waals surface area contributed by atoms with Crippen LogP contribution in [0.4, 0.5) is 11.4 Å². The Kier molecular flexibility index (Phi) is 6.36. The molecular weight excluding hydrogens is 374 g/mol. The van der Waals surface area contributed by atoms with Gasteiger partial charge in [-0.25, -0.2) is 8.42 Å². The molecule has 1 N–H and O–H groups in total. The van der Waals surface area contributed by atoms with Gasteiger partial charge in [-0.05, 0) is 43.2 Å². The standard InChI is InChI=1S/C21H27N3O3S/c1-3-24(4-2)28(26,27)18-11-9-10-17(16-18)21(25)22-19-12-5-6-13-20(19)23-14-7-8-15-23/h5-6,9-13,16H,3-4,7-8,14-15H2,1-2H3,(H,22,25). The molecule has 0 atom stereocenters. The highest BCUT2D eigenvalue weighted by Crippen LogP contribution is 2.29. The van der Waals surface area contributed by atoms with Gasteiger partial charge < -0.3 is 10.2 Å². The van der Waals surface area contributed by atoms with E-state index < -0.39 is 10.0 Å². The number of hydrogen-bond donors (Lipinski definition) is 1. The zero-order valence-electron chi connectivity index (χ0n) is 16.4. The topological polar surface area (TPSA) is 69.7 Å². The second-order valence-electron chi connectivity index (χ2n) is 6.78. The normalized spacial score (nSPS) is 14.5. The Labute approximate surface area is 167 Å². The van der Waals surface area contributed by atoms with Crippen LogP contribution >= 0.6 is 0 Å². The average molecular weight is 402 g/mol. The third kappa shape index (κ3) is 4.20. The molecule has 150 valence electrons. The Morgan fingerprint density at radius 1 is 1.04 bits per heavy atom. The third-order valence-electron chi connectivity index (χ3n) is 5.04. The number of amides is 1. The quantitative estimate of drug-likeness (QED) is 0.770. The van der Waals surface area contributed by atoms with Crippen molar-refractivity contribution in [2.75, 3.05) is 36.4 Å². The van der Waals surface area contributed by atoms with Gasteiger partial charge in [0.25, 0.3) is 5.91 Å². The molecule has 1 saturated heterocycles. The lowest BCUT2D eigenvalue weighted by molar-refractivity contribution is 0.102. The van der Waals surface area contributed by atoms with Crippen LogP contribution in [0, 0.1) is 0 Å². The zero-order chi connectivity index (χ0) is 20.1. The van der Waals surface area contributed by atoms with Gasteiger partial charge in [0.1, 0.15) is 0 Å². The maximum atomic E-state index is 12.8. The van der Waals surface area contributed by atoms with E-state index in [0.29, 0.717) is 18.7 Å². The van der Waals surface area contributed by atoms with E-state index in [1.807, 2.05) is 24.3 Å². The number of nitrogens with one attached hydrogen (secondary N) is 1. The summed E-state index contributed by atoms with van der Waals surface area (Å²) in [4.78, 5) is 15.2. The predicted octanol–water partition coefficient (Wildman–Crippen LogP) is 3.57. The van der Waals surface area contributed by atoms with E-state index in [9.17, 15) is 13.2 Å². The molecule has 6 nitrogen and oxygen atoms in total. The first-order valence-corrected chi connectivity index (χ1v) is 11.2. The predicted molar refractivity (Wildman–Crippen MR) is 112 cm³/mol. The summed E-state index contributed by atoms with van der Waals surface area (Å²) < 4.78 is 26.9. The molecule has 7 heteroatoms. The number of carbonyl (C=O) groups excluding carboxylic acids is 1. The number of para-hydroxylation sites is 2. The summed E-state index contributed by atoms with van der Waals surface area (Å²) in [6, 6.07) is 13.9. The molecule has 0 unspecified atom stereocenters. The second kappa shape index (κ2) is 8.75. The number of nitrogens with zero attached hydrogens (tertiary/aromatic N) is 2. The van der Waals surface area contributed by atoms with Gasteiger partial charge in [0.05, 0.1) is 16.3 Å². The van der Waals surface area contributed by atoms with Crippen molar-refractivity contribution >= 4 is 27.3 Å². The molecule has 1 heterocycles. The maximum absolute atomic E-state index is 12.8. The fraction of sp³-hybridized carbons (Fsp3) is 0.381. The minimum atomic E-state index is -3.61. The van der Waals surface area contributed by atoms with Gasteiger partial charge in [-0.15, -0.1) is 0 Å². The summed E-state index contributed by atoms with van der Waals surface area (Å²) in [6.45, 7) is 6.33. The van der Waals surface area contributed by atoms with Gasteiger partial charge in [-0.3, -0.25) is 4.79 Å². The van der Waals surface area contributed by atoms with Gasteiger partial charge >= 0.3 is 0 Å². The summed E-state index contributed by atoms with van der Waals surface area (Å²) in [5, 5.41) is 2.95. The van der Waals surface area contributed by atoms with Crippen molar-refractivity contribution in [3.8, 4) is 0 Å². The van der Waals surface area contributed by atoms with Gasteiger partial charge in [0.2, 0.25) is 10.0 Å². The minimum Gasteiger partial charge on any atom is -0.370 e. The zero-order valence-corrected chi connectivity index (χ0v) is 17.2. The van der Waals surface area contributed by atoms with Crippen LogP contribution in [0.1, 0.15) is 37.0 Å². The average Bonchev–Trinajstić information content (AvgIpc) is 3.24. The van der Waals surface area contributed by atoms with E-state index in [1.54, 1.807) is 26.0 Å². The number of rotatable bonds is 7. The Morgan fingerprint density at radius 3 is 2.39 bits per heavy atom. The van der Waals surface area contributed by atoms with Gasteiger partial charge in [0, 0.05) is 31.7 Å². The number of anilines is 2. The molecule has 1 aliphatic rings. The molecule has 2 aromatic carbocycles. The van der Waals surface area contributed by atoms with Crippen molar-refractivity contribution in [1.82, 2.24) is 4.31 Å². The molecular formula is C21H27N3O3S. The van der Waals surface area contributed by atoms with Crippen LogP contribution in [0.15, 0.2) is 53.4 Å². The minimum absolute atomic E-state index is 0.136. The van der Waals surface area contributed by atoms with E-state index in [2.05, 4.69) is 10.2 Å². The molecule has 1 amide bonds. The van der Waals surface area contributed by atoms with Crippen molar-refractivity contribution in [3.63, 3.8) is 0 Å². The van der Waals surface area contributed by atoms with Crippen LogP contribution in [0.3, 0.4) is 0 Å². The van der Waals surface area contributed by atoms with E-state index in [4.69, 9.17) is 0 Å². The molecule has 1 aliphatic heterocycles. The monoisotopic (exact) mass is 401 g/mol. The lowest BCUT2D eigenvalue weighted by Gasteiger charge is -2.21. The lowest BCUT2D eigenvalue weighted by atomic mass is 10.2. The third-order valence-corrected chi connectivity index (χ3v) is 7.08. The van der Waals surface area contributed by atoms with Crippen LogP contribution in [0.25, 0.3) is 0 Å². The molecule has 0 aromatic heterocycles. The van der Waals surface area contributed by atoms with Crippen LogP contribution in [0.2, 0.25) is 0 Å². The molecule has 0 radical (unpaired) electrons. The first-order chi connectivity index (χ1) is 13.5. The van der Waals surface area contributed by atoms with Gasteiger partial charge in [-0.2, -0.15) is 4.31 Å². The van der Waals surface area contributed by atoms with Gasteiger partial charge in [0.15, 0.2) is 0 Å². The lowest BCUT2D eigenvalue weighted by Crippen LogP contribution is -2.30. The summed E-state index contributed by atoms with van der Waals surface area (Å²) >= 11 is 0. The molecule has 28 heavy (non-hydrogen) atoms. The Bertz CT molecular complexity index is 933. The molecule has 2 aromatic rings. The van der Waals surface area contributed by atoms with Crippen molar-refractivity contribution in [2.24, 2.45) is 0 Å². The highest BCUT2D eigenvalue weighted by Gasteiger charge is 2.23. The highest BCUT2D eigenvalue weighted by atomic mass is 32.2. The maximum Gasteiger partial charge on any atom is 0.255 e. The fourth-order valence-corrected chi connectivity index (χ4v) is 5.02. The summed E-state index contributed by atoms with van der Waals surface area (Å²) in [7, 11) is -3.61. The molecule has 0 bridgehead atoms. The van der Waals surface area contributed by atoms with Crippen molar-refractivity contribution in [3.05, 3.63) is 54.1 Å². The largest absolute Gasteiger partial charge is 0.370 e. The number of benzene rings is 2. The van der Waals surface area contributed by atoms with E-state index in [1.165, 1.54) is 16.4 Å². The SMILES string of the molecule is CCN(CC)S(=O)(=O)c1cccc(C(=O)Nc2ccccc2N2CCCC2)c1. The van der Waals surface area contributed by atoms with E-state index >= 15 is 0 Å². The van der Waals surface area contributed by atoms with Crippen LogP contribution in [-0.4, -0.2) is 44.8 Å². The van der Waals surface area contributed by atoms with E-state index in [0.717, 1.165) is 37.3 Å². The van der Waals surface area contributed by atoms with Crippen LogP contribution < -0.4 is 10.2 Å². The second-order valence-corrected chi connectivity index (χ2v) is 8.72. The van der Waals surface area contributed by atoms with Crippen LogP contribution in [0.5, 0.6) is 0 Å².